The number of aromatic amines is 1. The van der Waals surface area contributed by atoms with Crippen LogP contribution in [0, 0.1) is 20.8 Å². The zero-order valence-electron chi connectivity index (χ0n) is 14.8. The molecule has 1 aromatic carbocycles. The number of H-pyrrole nitrogens is 1. The highest BCUT2D eigenvalue weighted by Gasteiger charge is 2.26. The van der Waals surface area contributed by atoms with Gasteiger partial charge in [-0.15, -0.1) is 0 Å². The first-order valence-corrected chi connectivity index (χ1v) is 8.09. The highest BCUT2D eigenvalue weighted by molar-refractivity contribution is 5.96. The molecule has 1 aromatic heterocycles. The van der Waals surface area contributed by atoms with E-state index in [-0.39, 0.29) is 11.9 Å². The number of fused-ring (bicyclic) bond motifs is 1. The van der Waals surface area contributed by atoms with Gasteiger partial charge in [-0.2, -0.15) is 5.10 Å². The Morgan fingerprint density at radius 2 is 1.83 bits per heavy atom. The lowest BCUT2D eigenvalue weighted by Gasteiger charge is -2.27. The largest absolute Gasteiger partial charge is 0.486 e. The van der Waals surface area contributed by atoms with E-state index in [0.717, 1.165) is 22.5 Å². The number of carbonyl (C=O) groups excluding carboxylic acids is 1. The number of carbonyl (C=O) groups is 1. The number of hydrogen-bond acceptors (Lipinski definition) is 4. The number of nitrogens with zero attached hydrogens (tertiary/aromatic N) is 2. The molecule has 0 fully saturated rings. The lowest BCUT2D eigenvalue weighted by Crippen LogP contribution is -2.31. The molecule has 1 amide bonds. The van der Waals surface area contributed by atoms with Crippen molar-refractivity contribution in [1.29, 1.82) is 0 Å². The van der Waals surface area contributed by atoms with Crippen molar-refractivity contribution in [3.63, 3.8) is 0 Å². The number of ether oxygens (including phenoxy) is 2. The number of benzene rings is 1. The third-order valence-corrected chi connectivity index (χ3v) is 4.62. The van der Waals surface area contributed by atoms with E-state index in [1.807, 2.05) is 40.8 Å². The highest BCUT2D eigenvalue weighted by atomic mass is 16.6. The molecule has 128 valence electrons. The lowest BCUT2D eigenvalue weighted by atomic mass is 10.0. The zero-order valence-corrected chi connectivity index (χ0v) is 14.8. The summed E-state index contributed by atoms with van der Waals surface area (Å²) in [6.45, 7) is 8.88. The molecule has 1 aliphatic heterocycles. The van der Waals surface area contributed by atoms with Crippen molar-refractivity contribution in [3.8, 4) is 11.5 Å². The second kappa shape index (κ2) is 6.19. The SMILES string of the molecule is Cc1cc2c(cc1C(=O)N(C)[C@H](C)c1c(C)n[nH]c1C)OCCO2. The molecule has 0 unspecified atom stereocenters. The molecule has 24 heavy (non-hydrogen) atoms. The van der Waals surface area contributed by atoms with Crippen molar-refractivity contribution in [2.24, 2.45) is 0 Å². The molecular weight excluding hydrogens is 306 g/mol. The lowest BCUT2D eigenvalue weighted by molar-refractivity contribution is 0.0740. The number of nitrogens with one attached hydrogen (secondary N) is 1. The minimum atomic E-state index is -0.0798. The van der Waals surface area contributed by atoms with Gasteiger partial charge in [-0.3, -0.25) is 9.89 Å². The molecule has 1 aliphatic rings. The van der Waals surface area contributed by atoms with Crippen molar-refractivity contribution in [2.75, 3.05) is 20.3 Å². The number of aromatic nitrogens is 2. The third kappa shape index (κ3) is 2.72. The maximum atomic E-state index is 13.0. The molecule has 0 saturated heterocycles. The summed E-state index contributed by atoms with van der Waals surface area (Å²) in [6, 6.07) is 3.57. The van der Waals surface area contributed by atoms with Gasteiger partial charge in [-0.25, -0.2) is 0 Å². The first-order chi connectivity index (χ1) is 11.4. The minimum Gasteiger partial charge on any atom is -0.486 e. The zero-order chi connectivity index (χ0) is 17.4. The molecule has 0 spiro atoms. The summed E-state index contributed by atoms with van der Waals surface area (Å²) >= 11 is 0. The Hall–Kier alpha value is -2.50. The number of hydrogen-bond donors (Lipinski definition) is 1. The van der Waals surface area contributed by atoms with E-state index in [1.54, 1.807) is 11.0 Å². The van der Waals surface area contributed by atoms with Crippen LogP contribution in [0.15, 0.2) is 12.1 Å². The quantitative estimate of drug-likeness (QED) is 0.940. The minimum absolute atomic E-state index is 0.0445. The van der Waals surface area contributed by atoms with Crippen LogP contribution in [0.2, 0.25) is 0 Å². The fraction of sp³-hybridized carbons (Fsp3) is 0.444. The summed E-state index contributed by atoms with van der Waals surface area (Å²) in [7, 11) is 1.81. The summed E-state index contributed by atoms with van der Waals surface area (Å²) < 4.78 is 11.2. The summed E-state index contributed by atoms with van der Waals surface area (Å²) in [5, 5.41) is 7.21. The Morgan fingerprint density at radius 1 is 1.21 bits per heavy atom. The van der Waals surface area contributed by atoms with Crippen LogP contribution in [0.1, 0.15) is 45.8 Å². The fourth-order valence-electron chi connectivity index (χ4n) is 3.16. The Labute approximate surface area is 141 Å². The van der Waals surface area contributed by atoms with Crippen molar-refractivity contribution >= 4 is 5.91 Å². The van der Waals surface area contributed by atoms with Crippen LogP contribution in [0.4, 0.5) is 0 Å². The smallest absolute Gasteiger partial charge is 0.254 e. The van der Waals surface area contributed by atoms with Gasteiger partial charge >= 0.3 is 0 Å². The van der Waals surface area contributed by atoms with Gasteiger partial charge in [0.05, 0.1) is 11.7 Å². The summed E-state index contributed by atoms with van der Waals surface area (Å²) in [6.07, 6.45) is 0. The molecule has 0 saturated carbocycles. The van der Waals surface area contributed by atoms with Gasteiger partial charge in [-0.1, -0.05) is 0 Å². The van der Waals surface area contributed by atoms with Crippen molar-refractivity contribution in [3.05, 3.63) is 40.2 Å². The molecule has 6 nitrogen and oxygen atoms in total. The highest BCUT2D eigenvalue weighted by Crippen LogP contribution is 2.34. The topological polar surface area (TPSA) is 67.5 Å². The molecule has 1 atom stereocenters. The van der Waals surface area contributed by atoms with Crippen LogP contribution >= 0.6 is 0 Å². The summed E-state index contributed by atoms with van der Waals surface area (Å²) in [4.78, 5) is 14.7. The molecule has 6 heteroatoms. The van der Waals surface area contributed by atoms with Gasteiger partial charge in [-0.05, 0) is 45.4 Å². The monoisotopic (exact) mass is 329 g/mol. The maximum Gasteiger partial charge on any atom is 0.254 e. The Balaban J connectivity index is 1.91. The average molecular weight is 329 g/mol. The van der Waals surface area contributed by atoms with Crippen LogP contribution in [-0.4, -0.2) is 41.3 Å². The second-order valence-corrected chi connectivity index (χ2v) is 6.25. The van der Waals surface area contributed by atoms with E-state index in [2.05, 4.69) is 10.2 Å². The van der Waals surface area contributed by atoms with Gasteiger partial charge in [0.2, 0.25) is 0 Å². The summed E-state index contributed by atoms with van der Waals surface area (Å²) in [5.41, 5.74) is 4.47. The van der Waals surface area contributed by atoms with Crippen LogP contribution in [0.3, 0.4) is 0 Å². The molecule has 0 aliphatic carbocycles. The molecule has 0 radical (unpaired) electrons. The van der Waals surface area contributed by atoms with Crippen molar-refractivity contribution in [1.82, 2.24) is 15.1 Å². The average Bonchev–Trinajstić information content (AvgIpc) is 2.91. The number of aryl methyl sites for hydroxylation is 3. The van der Waals surface area contributed by atoms with Crippen LogP contribution in [-0.2, 0) is 0 Å². The standard InChI is InChI=1S/C18H23N3O3/c1-10-8-15-16(24-7-6-23-15)9-14(10)18(22)21(5)13(4)17-11(2)19-20-12(17)3/h8-9,13H,6-7H2,1-5H3,(H,19,20)/t13-/m1/s1. The van der Waals surface area contributed by atoms with Gasteiger partial charge < -0.3 is 14.4 Å². The fourth-order valence-corrected chi connectivity index (χ4v) is 3.16. The van der Waals surface area contributed by atoms with Gasteiger partial charge in [0.1, 0.15) is 13.2 Å². The Bertz CT molecular complexity index is 763. The molecule has 1 N–H and O–H groups in total. The van der Waals surface area contributed by atoms with E-state index in [0.29, 0.717) is 30.3 Å². The third-order valence-electron chi connectivity index (χ3n) is 4.62. The maximum absolute atomic E-state index is 13.0. The van der Waals surface area contributed by atoms with E-state index in [4.69, 9.17) is 9.47 Å². The first-order valence-electron chi connectivity index (χ1n) is 8.09. The van der Waals surface area contributed by atoms with Crippen LogP contribution in [0.5, 0.6) is 11.5 Å². The Morgan fingerprint density at radius 3 is 2.42 bits per heavy atom. The summed E-state index contributed by atoms with van der Waals surface area (Å²) in [5.74, 6) is 1.29. The van der Waals surface area contributed by atoms with Crippen molar-refractivity contribution in [2.45, 2.75) is 33.7 Å². The van der Waals surface area contributed by atoms with E-state index in [9.17, 15) is 4.79 Å². The normalized spacial score (nSPS) is 14.4. The van der Waals surface area contributed by atoms with E-state index >= 15 is 0 Å². The molecule has 0 bridgehead atoms. The Kier molecular flexibility index (Phi) is 4.22. The van der Waals surface area contributed by atoms with Crippen LogP contribution < -0.4 is 9.47 Å². The van der Waals surface area contributed by atoms with Crippen molar-refractivity contribution < 1.29 is 14.3 Å². The van der Waals surface area contributed by atoms with Gasteiger partial charge in [0.25, 0.3) is 5.91 Å². The first kappa shape index (κ1) is 16.4. The molecule has 2 heterocycles. The van der Waals surface area contributed by atoms with E-state index < -0.39 is 0 Å². The van der Waals surface area contributed by atoms with Crippen LogP contribution in [0.25, 0.3) is 0 Å². The molecule has 2 aromatic rings. The molecule has 3 rings (SSSR count). The number of amides is 1. The predicted molar refractivity (Wildman–Crippen MR) is 90.7 cm³/mol. The second-order valence-electron chi connectivity index (χ2n) is 6.25. The van der Waals surface area contributed by atoms with Gasteiger partial charge in [0.15, 0.2) is 11.5 Å². The number of rotatable bonds is 3. The van der Waals surface area contributed by atoms with Gasteiger partial charge in [0, 0.05) is 23.9 Å². The predicted octanol–water partition coefficient (Wildman–Crippen LogP) is 2.94. The molecular formula is C18H23N3O3. The van der Waals surface area contributed by atoms with E-state index in [1.165, 1.54) is 0 Å².